The molecule has 2 fully saturated rings. The summed E-state index contributed by atoms with van der Waals surface area (Å²) in [5.74, 6) is 2.56. The lowest BCUT2D eigenvalue weighted by Gasteiger charge is -2.36. The van der Waals surface area contributed by atoms with Crippen LogP contribution < -0.4 is 4.90 Å². The second-order valence-electron chi connectivity index (χ2n) is 8.71. The molecule has 31 heavy (non-hydrogen) atoms. The van der Waals surface area contributed by atoms with Gasteiger partial charge in [-0.15, -0.1) is 0 Å². The van der Waals surface area contributed by atoms with Gasteiger partial charge < -0.3 is 9.80 Å². The van der Waals surface area contributed by atoms with Crippen molar-refractivity contribution in [1.29, 1.82) is 0 Å². The van der Waals surface area contributed by atoms with Crippen molar-refractivity contribution in [2.75, 3.05) is 31.1 Å². The molecule has 0 bridgehead atoms. The minimum atomic E-state index is 0.329. The van der Waals surface area contributed by atoms with E-state index in [1.807, 2.05) is 30.3 Å². The monoisotopic (exact) mass is 415 g/mol. The van der Waals surface area contributed by atoms with Gasteiger partial charge in [0.2, 0.25) is 5.91 Å². The number of benzene rings is 1. The molecule has 160 valence electrons. The zero-order valence-corrected chi connectivity index (χ0v) is 17.9. The summed E-state index contributed by atoms with van der Waals surface area (Å²) in [5, 5.41) is 1.05. The standard InChI is InChI=1S/C25H29N5O/c31-23(17-19-7-2-1-3-8-19)29-13-15-30(16-14-29)25-21-10-4-5-11-22(21)27-24(28-25)20-9-6-12-26-18-20/h4-6,9-12,18-19H,1-3,7-8,13-17H2. The Bertz CT molecular complexity index is 1040. The second-order valence-corrected chi connectivity index (χ2v) is 8.71. The van der Waals surface area contributed by atoms with Crippen molar-refractivity contribution in [2.24, 2.45) is 5.92 Å². The highest BCUT2D eigenvalue weighted by Crippen LogP contribution is 2.29. The highest BCUT2D eigenvalue weighted by atomic mass is 16.2. The molecule has 1 aliphatic carbocycles. The van der Waals surface area contributed by atoms with E-state index in [4.69, 9.17) is 9.97 Å². The summed E-state index contributed by atoms with van der Waals surface area (Å²) in [7, 11) is 0. The molecule has 1 aliphatic heterocycles. The van der Waals surface area contributed by atoms with Gasteiger partial charge in [0.15, 0.2) is 5.82 Å². The number of hydrogen-bond acceptors (Lipinski definition) is 5. The predicted molar refractivity (Wildman–Crippen MR) is 123 cm³/mol. The SMILES string of the molecule is O=C(CC1CCCCC1)N1CCN(c2nc(-c3cccnc3)nc3ccccc23)CC1. The van der Waals surface area contributed by atoms with E-state index in [-0.39, 0.29) is 0 Å². The van der Waals surface area contributed by atoms with Crippen molar-refractivity contribution in [1.82, 2.24) is 19.9 Å². The minimum Gasteiger partial charge on any atom is -0.352 e. The molecule has 0 atom stereocenters. The van der Waals surface area contributed by atoms with Gasteiger partial charge in [0, 0.05) is 55.9 Å². The number of carbonyl (C=O) groups is 1. The fourth-order valence-electron chi connectivity index (χ4n) is 4.86. The Hall–Kier alpha value is -3.02. The van der Waals surface area contributed by atoms with E-state index in [9.17, 15) is 4.79 Å². The van der Waals surface area contributed by atoms with Gasteiger partial charge in [0.05, 0.1) is 5.52 Å². The lowest BCUT2D eigenvalue weighted by molar-refractivity contribution is -0.132. The van der Waals surface area contributed by atoms with Crippen molar-refractivity contribution in [2.45, 2.75) is 38.5 Å². The van der Waals surface area contributed by atoms with Gasteiger partial charge in [-0.05, 0) is 43.0 Å². The Morgan fingerprint density at radius 3 is 2.52 bits per heavy atom. The van der Waals surface area contributed by atoms with Crippen LogP contribution in [-0.2, 0) is 4.79 Å². The number of pyridine rings is 1. The zero-order valence-electron chi connectivity index (χ0n) is 17.9. The molecular formula is C25H29N5O. The molecule has 0 spiro atoms. The average molecular weight is 416 g/mol. The Morgan fingerprint density at radius 1 is 0.935 bits per heavy atom. The van der Waals surface area contributed by atoms with Crippen molar-refractivity contribution in [3.05, 3.63) is 48.8 Å². The summed E-state index contributed by atoms with van der Waals surface area (Å²) in [6, 6.07) is 12.0. The van der Waals surface area contributed by atoms with Crippen LogP contribution >= 0.6 is 0 Å². The first-order valence-corrected chi connectivity index (χ1v) is 11.5. The molecule has 0 N–H and O–H groups in total. The van der Waals surface area contributed by atoms with Gasteiger partial charge in [-0.2, -0.15) is 0 Å². The first-order chi connectivity index (χ1) is 15.3. The van der Waals surface area contributed by atoms with Crippen LogP contribution in [0, 0.1) is 5.92 Å². The van der Waals surface area contributed by atoms with E-state index in [0.29, 0.717) is 17.6 Å². The first-order valence-electron chi connectivity index (χ1n) is 11.5. The predicted octanol–water partition coefficient (Wildman–Crippen LogP) is 4.31. The quantitative estimate of drug-likeness (QED) is 0.635. The summed E-state index contributed by atoms with van der Waals surface area (Å²) in [4.78, 5) is 31.1. The lowest BCUT2D eigenvalue weighted by atomic mass is 9.86. The van der Waals surface area contributed by atoms with Gasteiger partial charge in [-0.3, -0.25) is 9.78 Å². The molecule has 2 aliphatic rings. The van der Waals surface area contributed by atoms with Gasteiger partial charge in [0.1, 0.15) is 5.82 Å². The lowest BCUT2D eigenvalue weighted by Crippen LogP contribution is -2.49. The van der Waals surface area contributed by atoms with Gasteiger partial charge in [-0.1, -0.05) is 31.4 Å². The molecule has 0 unspecified atom stereocenters. The highest BCUT2D eigenvalue weighted by Gasteiger charge is 2.26. The van der Waals surface area contributed by atoms with Gasteiger partial charge in [0.25, 0.3) is 0 Å². The van der Waals surface area contributed by atoms with E-state index in [2.05, 4.69) is 20.9 Å². The molecule has 1 aromatic carbocycles. The fraction of sp³-hybridized carbons (Fsp3) is 0.440. The number of aromatic nitrogens is 3. The van der Waals surface area contributed by atoms with E-state index < -0.39 is 0 Å². The number of anilines is 1. The van der Waals surface area contributed by atoms with Crippen LogP contribution in [0.1, 0.15) is 38.5 Å². The summed E-state index contributed by atoms with van der Waals surface area (Å²) >= 11 is 0. The highest BCUT2D eigenvalue weighted by molar-refractivity contribution is 5.91. The molecule has 5 rings (SSSR count). The molecule has 1 saturated carbocycles. The number of para-hydroxylation sites is 1. The number of fused-ring (bicyclic) bond motifs is 1. The second kappa shape index (κ2) is 9.00. The van der Waals surface area contributed by atoms with Crippen LogP contribution in [0.4, 0.5) is 5.82 Å². The Kier molecular flexibility index (Phi) is 5.78. The Balaban J connectivity index is 1.34. The number of carbonyl (C=O) groups excluding carboxylic acids is 1. The van der Waals surface area contributed by atoms with Crippen LogP contribution in [0.15, 0.2) is 48.8 Å². The third kappa shape index (κ3) is 4.38. The maximum absolute atomic E-state index is 12.8. The number of rotatable bonds is 4. The largest absolute Gasteiger partial charge is 0.352 e. The van der Waals surface area contributed by atoms with Crippen molar-refractivity contribution >= 4 is 22.6 Å². The number of nitrogens with zero attached hydrogens (tertiary/aromatic N) is 5. The maximum Gasteiger partial charge on any atom is 0.222 e. The van der Waals surface area contributed by atoms with Crippen molar-refractivity contribution in [3.63, 3.8) is 0 Å². The van der Waals surface area contributed by atoms with Crippen LogP contribution in [0.2, 0.25) is 0 Å². The minimum absolute atomic E-state index is 0.329. The smallest absolute Gasteiger partial charge is 0.222 e. The Labute approximate surface area is 183 Å². The Morgan fingerprint density at radius 2 is 1.74 bits per heavy atom. The van der Waals surface area contributed by atoms with E-state index in [1.165, 1.54) is 32.1 Å². The summed E-state index contributed by atoms with van der Waals surface area (Å²) < 4.78 is 0. The molecule has 6 heteroatoms. The first kappa shape index (κ1) is 19.9. The third-order valence-corrected chi connectivity index (χ3v) is 6.62. The van der Waals surface area contributed by atoms with E-state index >= 15 is 0 Å². The summed E-state index contributed by atoms with van der Waals surface area (Å²) in [5.41, 5.74) is 1.85. The van der Waals surface area contributed by atoms with Crippen LogP contribution in [0.25, 0.3) is 22.3 Å². The van der Waals surface area contributed by atoms with E-state index in [0.717, 1.165) is 54.9 Å². The molecule has 0 radical (unpaired) electrons. The number of piperazine rings is 1. The number of hydrogen-bond donors (Lipinski definition) is 0. The molecule has 2 aromatic heterocycles. The summed E-state index contributed by atoms with van der Waals surface area (Å²) in [6.45, 7) is 3.10. The molecule has 3 heterocycles. The molecule has 3 aromatic rings. The van der Waals surface area contributed by atoms with Crippen molar-refractivity contribution < 1.29 is 4.79 Å². The molecular weight excluding hydrogens is 386 g/mol. The molecule has 6 nitrogen and oxygen atoms in total. The average Bonchev–Trinajstić information content (AvgIpc) is 2.84. The molecule has 1 saturated heterocycles. The molecule has 1 amide bonds. The van der Waals surface area contributed by atoms with Crippen molar-refractivity contribution in [3.8, 4) is 11.4 Å². The van der Waals surface area contributed by atoms with Gasteiger partial charge >= 0.3 is 0 Å². The topological polar surface area (TPSA) is 62.2 Å². The summed E-state index contributed by atoms with van der Waals surface area (Å²) in [6.07, 6.45) is 10.6. The zero-order chi connectivity index (χ0) is 21.0. The normalized spacial score (nSPS) is 17.8. The fourth-order valence-corrected chi connectivity index (χ4v) is 4.86. The maximum atomic E-state index is 12.8. The van der Waals surface area contributed by atoms with Gasteiger partial charge in [-0.25, -0.2) is 9.97 Å². The van der Waals surface area contributed by atoms with Crippen LogP contribution in [0.3, 0.4) is 0 Å². The number of amides is 1. The van der Waals surface area contributed by atoms with Crippen LogP contribution in [0.5, 0.6) is 0 Å². The van der Waals surface area contributed by atoms with E-state index in [1.54, 1.807) is 12.4 Å². The van der Waals surface area contributed by atoms with Crippen LogP contribution in [-0.4, -0.2) is 51.9 Å². The third-order valence-electron chi connectivity index (χ3n) is 6.62.